The number of amides is 1. The van der Waals surface area contributed by atoms with Gasteiger partial charge in [-0.1, -0.05) is 35.9 Å². The summed E-state index contributed by atoms with van der Waals surface area (Å²) < 4.78 is 1.56. The Hall–Kier alpha value is -3.06. The third-order valence-corrected chi connectivity index (χ3v) is 4.86. The average molecular weight is 362 g/mol. The third-order valence-electron chi connectivity index (χ3n) is 4.86. The topological polar surface area (TPSA) is 75.9 Å². The van der Waals surface area contributed by atoms with Gasteiger partial charge >= 0.3 is 0 Å². The molecule has 0 spiro atoms. The van der Waals surface area contributed by atoms with Gasteiger partial charge in [-0.05, 0) is 60.5 Å². The van der Waals surface area contributed by atoms with E-state index in [2.05, 4.69) is 56.9 Å². The number of hydrogen-bond donors (Lipinski definition) is 1. The lowest BCUT2D eigenvalue weighted by Gasteiger charge is -2.24. The van der Waals surface area contributed by atoms with Crippen LogP contribution in [0.4, 0.5) is 5.69 Å². The summed E-state index contributed by atoms with van der Waals surface area (Å²) in [6.07, 6.45) is 3.44. The van der Waals surface area contributed by atoms with Crippen LogP contribution < -0.4 is 5.32 Å². The van der Waals surface area contributed by atoms with Gasteiger partial charge in [0.25, 0.3) is 0 Å². The molecule has 0 radical (unpaired) electrons. The van der Waals surface area contributed by atoms with Crippen molar-refractivity contribution >= 4 is 11.6 Å². The highest BCUT2D eigenvalue weighted by atomic mass is 16.2. The van der Waals surface area contributed by atoms with Gasteiger partial charge in [-0.2, -0.15) is 0 Å². The van der Waals surface area contributed by atoms with Gasteiger partial charge in [0.05, 0.1) is 11.7 Å². The van der Waals surface area contributed by atoms with Crippen LogP contribution in [0.2, 0.25) is 0 Å². The Morgan fingerprint density at radius 2 is 2.11 bits per heavy atom. The molecule has 1 unspecified atom stereocenters. The molecule has 0 bridgehead atoms. The lowest BCUT2D eigenvalue weighted by molar-refractivity contribution is -0.120. The summed E-state index contributed by atoms with van der Waals surface area (Å²) in [6.45, 7) is 3.83. The number of anilines is 1. The van der Waals surface area contributed by atoms with Gasteiger partial charge in [0.2, 0.25) is 5.91 Å². The fourth-order valence-electron chi connectivity index (χ4n) is 3.59. The third kappa shape index (κ3) is 4.03. The van der Waals surface area contributed by atoms with Crippen LogP contribution >= 0.6 is 0 Å². The highest BCUT2D eigenvalue weighted by molar-refractivity contribution is 5.95. The van der Waals surface area contributed by atoms with E-state index in [-0.39, 0.29) is 11.9 Å². The Bertz CT molecular complexity index is 924. The minimum atomic E-state index is -0.109. The van der Waals surface area contributed by atoms with Gasteiger partial charge < -0.3 is 5.32 Å². The zero-order valence-electron chi connectivity index (χ0n) is 15.2. The number of nitrogens with zero attached hydrogens (tertiary/aromatic N) is 5. The lowest BCUT2D eigenvalue weighted by Crippen LogP contribution is -2.39. The van der Waals surface area contributed by atoms with Gasteiger partial charge in [-0.25, -0.2) is 4.68 Å². The van der Waals surface area contributed by atoms with Crippen molar-refractivity contribution in [2.45, 2.75) is 32.4 Å². The van der Waals surface area contributed by atoms with E-state index in [1.54, 1.807) is 4.68 Å². The molecular weight excluding hydrogens is 340 g/mol. The van der Waals surface area contributed by atoms with Crippen molar-refractivity contribution in [3.63, 3.8) is 0 Å². The number of nitrogens with one attached hydrogen (secondary N) is 1. The molecule has 1 aliphatic heterocycles. The summed E-state index contributed by atoms with van der Waals surface area (Å²) in [5.41, 5.74) is 4.04. The molecule has 1 aromatic heterocycles. The van der Waals surface area contributed by atoms with E-state index in [0.29, 0.717) is 0 Å². The molecule has 3 aromatic rings. The van der Waals surface area contributed by atoms with E-state index in [9.17, 15) is 4.79 Å². The van der Waals surface area contributed by atoms with Gasteiger partial charge in [0.1, 0.15) is 6.33 Å². The lowest BCUT2D eigenvalue weighted by atomic mass is 10.1. The molecule has 7 nitrogen and oxygen atoms in total. The molecule has 1 atom stereocenters. The number of benzene rings is 2. The maximum Gasteiger partial charge on any atom is 0.241 e. The van der Waals surface area contributed by atoms with Crippen molar-refractivity contribution < 1.29 is 4.79 Å². The zero-order chi connectivity index (χ0) is 18.6. The molecule has 1 aliphatic rings. The van der Waals surface area contributed by atoms with Crippen molar-refractivity contribution in [3.05, 3.63) is 66.0 Å². The summed E-state index contributed by atoms with van der Waals surface area (Å²) in [5.74, 6) is 0.0361. The number of aromatic nitrogens is 4. The summed E-state index contributed by atoms with van der Waals surface area (Å²) in [4.78, 5) is 15.1. The molecule has 27 heavy (non-hydrogen) atoms. The Labute approximate surface area is 158 Å². The van der Waals surface area contributed by atoms with Crippen LogP contribution in [0.15, 0.2) is 54.9 Å². The molecule has 1 N–H and O–H groups in total. The smallest absolute Gasteiger partial charge is 0.241 e. The fraction of sp³-hybridized carbons (Fsp3) is 0.300. The van der Waals surface area contributed by atoms with Gasteiger partial charge in [-0.15, -0.1) is 5.10 Å². The largest absolute Gasteiger partial charge is 0.325 e. The SMILES string of the molecule is Cc1cccc(CN2CCCC2C(=O)Nc2cccc(-n3cnnn3)c2)c1. The standard InChI is InChI=1S/C20H22N6O/c1-15-5-2-6-16(11-15)13-25-10-4-9-19(25)20(27)22-17-7-3-8-18(12-17)26-14-21-23-24-26/h2-3,5-8,11-12,14,19H,4,9-10,13H2,1H3,(H,22,27). The van der Waals surface area contributed by atoms with Crippen LogP contribution in [-0.4, -0.2) is 43.6 Å². The van der Waals surface area contributed by atoms with Gasteiger partial charge in [-0.3, -0.25) is 9.69 Å². The normalized spacial score (nSPS) is 17.1. The van der Waals surface area contributed by atoms with Crippen LogP contribution in [-0.2, 0) is 11.3 Å². The van der Waals surface area contributed by atoms with E-state index >= 15 is 0 Å². The second-order valence-electron chi connectivity index (χ2n) is 6.91. The first-order valence-corrected chi connectivity index (χ1v) is 9.13. The predicted octanol–water partition coefficient (Wildman–Crippen LogP) is 2.57. The van der Waals surface area contributed by atoms with Crippen LogP contribution in [0.5, 0.6) is 0 Å². The first kappa shape index (κ1) is 17.4. The number of rotatable bonds is 5. The molecule has 7 heteroatoms. The minimum Gasteiger partial charge on any atom is -0.325 e. The molecule has 1 saturated heterocycles. The minimum absolute atomic E-state index is 0.0361. The molecular formula is C20H22N6O. The van der Waals surface area contributed by atoms with E-state index < -0.39 is 0 Å². The van der Waals surface area contributed by atoms with Crippen LogP contribution in [0.3, 0.4) is 0 Å². The molecule has 1 amide bonds. The van der Waals surface area contributed by atoms with Crippen molar-refractivity contribution in [2.75, 3.05) is 11.9 Å². The average Bonchev–Trinajstić information content (AvgIpc) is 3.34. The number of likely N-dealkylation sites (tertiary alicyclic amines) is 1. The second-order valence-corrected chi connectivity index (χ2v) is 6.91. The predicted molar refractivity (Wildman–Crippen MR) is 102 cm³/mol. The maximum absolute atomic E-state index is 12.9. The number of hydrogen-bond acceptors (Lipinski definition) is 5. The zero-order valence-corrected chi connectivity index (χ0v) is 15.2. The highest BCUT2D eigenvalue weighted by Gasteiger charge is 2.30. The first-order chi connectivity index (χ1) is 13.2. The van der Waals surface area contributed by atoms with E-state index in [1.807, 2.05) is 24.3 Å². The number of carbonyl (C=O) groups excluding carboxylic acids is 1. The van der Waals surface area contributed by atoms with E-state index in [4.69, 9.17) is 0 Å². The second kappa shape index (κ2) is 7.67. The molecule has 2 heterocycles. The molecule has 2 aromatic carbocycles. The van der Waals surface area contributed by atoms with E-state index in [0.717, 1.165) is 37.3 Å². The number of tetrazole rings is 1. The van der Waals surface area contributed by atoms with E-state index in [1.165, 1.54) is 17.5 Å². The maximum atomic E-state index is 12.9. The fourth-order valence-corrected chi connectivity index (χ4v) is 3.59. The summed E-state index contributed by atoms with van der Waals surface area (Å²) in [7, 11) is 0. The Morgan fingerprint density at radius 1 is 1.22 bits per heavy atom. The quantitative estimate of drug-likeness (QED) is 0.755. The Balaban J connectivity index is 1.45. The van der Waals surface area contributed by atoms with Crippen LogP contribution in [0, 0.1) is 6.92 Å². The molecule has 0 aliphatic carbocycles. The molecule has 4 rings (SSSR count). The molecule has 0 saturated carbocycles. The summed E-state index contributed by atoms with van der Waals surface area (Å²) in [6, 6.07) is 15.9. The first-order valence-electron chi connectivity index (χ1n) is 9.13. The number of aryl methyl sites for hydroxylation is 1. The van der Waals surface area contributed by atoms with Crippen molar-refractivity contribution in [1.82, 2.24) is 25.1 Å². The van der Waals surface area contributed by atoms with Crippen LogP contribution in [0.25, 0.3) is 5.69 Å². The Morgan fingerprint density at radius 3 is 2.93 bits per heavy atom. The molecule has 138 valence electrons. The summed E-state index contributed by atoms with van der Waals surface area (Å²) in [5, 5.41) is 14.2. The van der Waals surface area contributed by atoms with Crippen molar-refractivity contribution in [1.29, 1.82) is 0 Å². The molecule has 1 fully saturated rings. The van der Waals surface area contributed by atoms with Gasteiger partial charge in [0.15, 0.2) is 0 Å². The van der Waals surface area contributed by atoms with Crippen molar-refractivity contribution in [2.24, 2.45) is 0 Å². The summed E-state index contributed by atoms with van der Waals surface area (Å²) >= 11 is 0. The van der Waals surface area contributed by atoms with Gasteiger partial charge in [0, 0.05) is 12.2 Å². The monoisotopic (exact) mass is 362 g/mol. The van der Waals surface area contributed by atoms with Crippen molar-refractivity contribution in [3.8, 4) is 5.69 Å². The number of carbonyl (C=O) groups is 1. The highest BCUT2D eigenvalue weighted by Crippen LogP contribution is 2.22. The Kier molecular flexibility index (Phi) is 4.93. The van der Waals surface area contributed by atoms with Crippen LogP contribution in [0.1, 0.15) is 24.0 Å².